The van der Waals surface area contributed by atoms with Gasteiger partial charge in [-0.15, -0.1) is 0 Å². The third kappa shape index (κ3) is 3.52. The Labute approximate surface area is 179 Å². The maximum Gasteiger partial charge on any atom is 0.338 e. The van der Waals surface area contributed by atoms with Gasteiger partial charge >= 0.3 is 5.97 Å². The van der Waals surface area contributed by atoms with Crippen molar-refractivity contribution in [3.05, 3.63) is 71.4 Å². The van der Waals surface area contributed by atoms with E-state index >= 15 is 0 Å². The summed E-state index contributed by atoms with van der Waals surface area (Å²) in [6.07, 6.45) is 2.37. The fourth-order valence-electron chi connectivity index (χ4n) is 4.35. The predicted octanol–water partition coefficient (Wildman–Crippen LogP) is 2.85. The first-order valence-electron chi connectivity index (χ1n) is 10.0. The second kappa shape index (κ2) is 8.18. The monoisotopic (exact) mass is 418 g/mol. The molecule has 4 rings (SSSR count). The number of Topliss-reactive ketones (excluding diaryl/α,β-unsaturated/α-hetero) is 2. The van der Waals surface area contributed by atoms with Crippen LogP contribution in [0, 0.1) is 5.92 Å². The van der Waals surface area contributed by atoms with E-state index in [1.807, 2.05) is 30.5 Å². The van der Waals surface area contributed by atoms with E-state index in [-0.39, 0.29) is 12.1 Å². The summed E-state index contributed by atoms with van der Waals surface area (Å²) in [4.78, 5) is 54.9. The molecule has 158 valence electrons. The summed E-state index contributed by atoms with van der Waals surface area (Å²) < 4.78 is 4.87. The number of hydrogen-bond acceptors (Lipinski definition) is 5. The number of ketones is 2. The summed E-state index contributed by atoms with van der Waals surface area (Å²) in [5.41, 5.74) is 2.66. The number of esters is 1. The Kier molecular flexibility index (Phi) is 5.42. The Hall–Kier alpha value is -3.74. The van der Waals surface area contributed by atoms with Crippen molar-refractivity contribution in [1.82, 2.24) is 9.88 Å². The number of carbonyl (C=O) groups is 4. The molecule has 1 aromatic heterocycles. The second-order valence-electron chi connectivity index (χ2n) is 7.58. The molecule has 1 fully saturated rings. The van der Waals surface area contributed by atoms with Crippen molar-refractivity contribution in [1.29, 1.82) is 0 Å². The maximum atomic E-state index is 12.9. The van der Waals surface area contributed by atoms with Crippen molar-refractivity contribution in [3.63, 3.8) is 0 Å². The summed E-state index contributed by atoms with van der Waals surface area (Å²) in [5, 5.41) is 1.04. The van der Waals surface area contributed by atoms with Gasteiger partial charge in [-0.2, -0.15) is 0 Å². The zero-order valence-electron chi connectivity index (χ0n) is 17.3. The molecule has 2 aromatic carbocycles. The molecule has 1 amide bonds. The maximum absolute atomic E-state index is 12.9. The molecule has 2 atom stereocenters. The van der Waals surface area contributed by atoms with E-state index in [1.54, 1.807) is 24.3 Å². The molecule has 7 heteroatoms. The molecule has 0 saturated carbocycles. The molecule has 7 nitrogen and oxygen atoms in total. The van der Waals surface area contributed by atoms with Crippen molar-refractivity contribution in [2.75, 3.05) is 13.7 Å². The SMILES string of the molecule is COC(=O)c1ccccc1C1C(C(C)=O)C(=O)C(=O)N1CCc1c[nH]c2ccccc12. The van der Waals surface area contributed by atoms with Gasteiger partial charge in [-0.1, -0.05) is 36.4 Å². The van der Waals surface area contributed by atoms with Crippen LogP contribution >= 0.6 is 0 Å². The van der Waals surface area contributed by atoms with Crippen molar-refractivity contribution in [2.24, 2.45) is 5.92 Å². The summed E-state index contributed by atoms with van der Waals surface area (Å²) >= 11 is 0. The van der Waals surface area contributed by atoms with Crippen LogP contribution in [0.2, 0.25) is 0 Å². The minimum Gasteiger partial charge on any atom is -0.465 e. The van der Waals surface area contributed by atoms with Crippen molar-refractivity contribution in [2.45, 2.75) is 19.4 Å². The third-order valence-electron chi connectivity index (χ3n) is 5.83. The number of para-hydroxylation sites is 1. The van der Waals surface area contributed by atoms with Crippen LogP contribution in [0.4, 0.5) is 0 Å². The van der Waals surface area contributed by atoms with Gasteiger partial charge in [-0.05, 0) is 36.6 Å². The molecule has 0 aliphatic carbocycles. The lowest BCUT2D eigenvalue weighted by Crippen LogP contribution is -2.33. The number of aromatic nitrogens is 1. The van der Waals surface area contributed by atoms with E-state index in [1.165, 1.54) is 18.9 Å². The Morgan fingerprint density at radius 1 is 1.06 bits per heavy atom. The fourth-order valence-corrected chi connectivity index (χ4v) is 4.35. The van der Waals surface area contributed by atoms with Crippen LogP contribution in [0.3, 0.4) is 0 Å². The van der Waals surface area contributed by atoms with Crippen LogP contribution in [-0.2, 0) is 25.5 Å². The lowest BCUT2D eigenvalue weighted by atomic mass is 9.87. The quantitative estimate of drug-likeness (QED) is 0.377. The summed E-state index contributed by atoms with van der Waals surface area (Å²) in [5.74, 6) is -3.58. The van der Waals surface area contributed by atoms with E-state index in [9.17, 15) is 19.2 Å². The number of aromatic amines is 1. The third-order valence-corrected chi connectivity index (χ3v) is 5.83. The van der Waals surface area contributed by atoms with E-state index < -0.39 is 35.4 Å². The minimum atomic E-state index is -1.15. The molecule has 0 spiro atoms. The number of hydrogen-bond donors (Lipinski definition) is 1. The highest BCUT2D eigenvalue weighted by atomic mass is 16.5. The van der Waals surface area contributed by atoms with E-state index in [2.05, 4.69) is 4.98 Å². The lowest BCUT2D eigenvalue weighted by molar-refractivity contribution is -0.142. The topological polar surface area (TPSA) is 96.5 Å². The zero-order chi connectivity index (χ0) is 22.1. The Bertz CT molecular complexity index is 1200. The van der Waals surface area contributed by atoms with Gasteiger partial charge in [-0.3, -0.25) is 14.4 Å². The average molecular weight is 418 g/mol. The highest BCUT2D eigenvalue weighted by molar-refractivity contribution is 6.42. The zero-order valence-corrected chi connectivity index (χ0v) is 17.3. The van der Waals surface area contributed by atoms with Crippen LogP contribution in [0.5, 0.6) is 0 Å². The first-order chi connectivity index (χ1) is 14.9. The smallest absolute Gasteiger partial charge is 0.338 e. The lowest BCUT2D eigenvalue weighted by Gasteiger charge is -2.28. The van der Waals surface area contributed by atoms with Gasteiger partial charge in [0.2, 0.25) is 5.78 Å². The number of methoxy groups -OCH3 is 1. The standard InChI is InChI=1S/C24H22N2O5/c1-14(27)20-21(17-8-3-4-9-18(17)24(30)31-2)26(23(29)22(20)28)12-11-15-13-25-19-10-6-5-7-16(15)19/h3-10,13,20-21,25H,11-12H2,1-2H3. The number of fused-ring (bicyclic) bond motifs is 1. The summed E-state index contributed by atoms with van der Waals surface area (Å²) in [6.45, 7) is 1.53. The number of benzene rings is 2. The van der Waals surface area contributed by atoms with Crippen molar-refractivity contribution >= 4 is 34.3 Å². The first-order valence-corrected chi connectivity index (χ1v) is 10.0. The van der Waals surface area contributed by atoms with Gasteiger partial charge < -0.3 is 14.6 Å². The summed E-state index contributed by atoms with van der Waals surface area (Å²) in [7, 11) is 1.27. The molecule has 2 heterocycles. The molecule has 1 saturated heterocycles. The van der Waals surface area contributed by atoms with Crippen LogP contribution in [0.25, 0.3) is 10.9 Å². The van der Waals surface area contributed by atoms with Crippen molar-refractivity contribution in [3.8, 4) is 0 Å². The molecule has 1 N–H and O–H groups in total. The molecule has 2 unspecified atom stereocenters. The fraction of sp³-hybridized carbons (Fsp3) is 0.250. The molecule has 3 aromatic rings. The number of ether oxygens (including phenoxy) is 1. The number of carbonyl (C=O) groups excluding carboxylic acids is 4. The highest BCUT2D eigenvalue weighted by Crippen LogP contribution is 2.38. The van der Waals surface area contributed by atoms with Crippen LogP contribution in [0.1, 0.15) is 34.5 Å². The predicted molar refractivity (Wildman–Crippen MR) is 113 cm³/mol. The normalized spacial score (nSPS) is 18.6. The van der Waals surface area contributed by atoms with Gasteiger partial charge in [0.05, 0.1) is 18.7 Å². The number of nitrogens with one attached hydrogen (secondary N) is 1. The largest absolute Gasteiger partial charge is 0.465 e. The first kappa shape index (κ1) is 20.5. The van der Waals surface area contributed by atoms with Crippen molar-refractivity contribution < 1.29 is 23.9 Å². The average Bonchev–Trinajstić information content (AvgIpc) is 3.30. The Balaban J connectivity index is 1.73. The minimum absolute atomic E-state index is 0.233. The van der Waals surface area contributed by atoms with E-state index in [0.29, 0.717) is 12.0 Å². The number of rotatable bonds is 6. The number of H-pyrrole nitrogens is 1. The molecule has 1 aliphatic rings. The van der Waals surface area contributed by atoms with Gasteiger partial charge in [0.15, 0.2) is 0 Å². The number of nitrogens with zero attached hydrogens (tertiary/aromatic N) is 1. The van der Waals surface area contributed by atoms with Gasteiger partial charge in [0.25, 0.3) is 5.91 Å². The molecule has 31 heavy (non-hydrogen) atoms. The Morgan fingerprint density at radius 2 is 1.77 bits per heavy atom. The number of likely N-dealkylation sites (tertiary alicyclic amines) is 1. The van der Waals surface area contributed by atoms with Gasteiger partial charge in [-0.25, -0.2) is 4.79 Å². The van der Waals surface area contributed by atoms with E-state index in [0.717, 1.165) is 16.5 Å². The molecule has 0 radical (unpaired) electrons. The van der Waals surface area contributed by atoms with Crippen LogP contribution < -0.4 is 0 Å². The summed E-state index contributed by atoms with van der Waals surface area (Å²) in [6, 6.07) is 13.6. The van der Waals surface area contributed by atoms with Crippen LogP contribution in [-0.4, -0.2) is 47.0 Å². The Morgan fingerprint density at radius 3 is 2.52 bits per heavy atom. The van der Waals surface area contributed by atoms with Gasteiger partial charge in [0, 0.05) is 23.6 Å². The van der Waals surface area contributed by atoms with Gasteiger partial charge in [0.1, 0.15) is 11.7 Å². The molecule has 1 aliphatic heterocycles. The molecule has 0 bridgehead atoms. The molecular weight excluding hydrogens is 396 g/mol. The molecular formula is C24H22N2O5. The van der Waals surface area contributed by atoms with E-state index in [4.69, 9.17) is 4.74 Å². The number of amides is 1. The van der Waals surface area contributed by atoms with Crippen LogP contribution in [0.15, 0.2) is 54.7 Å². The second-order valence-corrected chi connectivity index (χ2v) is 7.58. The highest BCUT2D eigenvalue weighted by Gasteiger charge is 2.50.